The molecule has 1 heterocycles. The van der Waals surface area contributed by atoms with E-state index in [4.69, 9.17) is 4.74 Å². The van der Waals surface area contributed by atoms with E-state index in [9.17, 15) is 9.59 Å². The maximum Gasteiger partial charge on any atom is 0.338 e. The number of benzene rings is 2. The second-order valence-electron chi connectivity index (χ2n) is 6.22. The van der Waals surface area contributed by atoms with Crippen molar-refractivity contribution in [3.05, 3.63) is 93.7 Å². The lowest BCUT2D eigenvalue weighted by Gasteiger charge is -2.16. The Kier molecular flexibility index (Phi) is 6.39. The van der Waals surface area contributed by atoms with Crippen LogP contribution in [0.1, 0.15) is 26.4 Å². The zero-order valence-electron chi connectivity index (χ0n) is 15.1. The van der Waals surface area contributed by atoms with E-state index >= 15 is 0 Å². The van der Waals surface area contributed by atoms with E-state index in [1.165, 1.54) is 0 Å². The Morgan fingerprint density at radius 1 is 0.963 bits per heavy atom. The van der Waals surface area contributed by atoms with Gasteiger partial charge in [0, 0.05) is 11.9 Å². The lowest BCUT2D eigenvalue weighted by Crippen LogP contribution is -2.30. The minimum Gasteiger partial charge on any atom is -0.452 e. The Bertz CT molecular complexity index is 891. The Labute approximate surface area is 163 Å². The Morgan fingerprint density at radius 3 is 2.44 bits per heavy atom. The fourth-order valence-electron chi connectivity index (χ4n) is 2.73. The van der Waals surface area contributed by atoms with Gasteiger partial charge in [-0.15, -0.1) is 11.3 Å². The van der Waals surface area contributed by atoms with Crippen molar-refractivity contribution in [2.45, 2.75) is 13.0 Å². The molecule has 0 saturated heterocycles. The smallest absolute Gasteiger partial charge is 0.338 e. The third kappa shape index (κ3) is 5.28. The van der Waals surface area contributed by atoms with Crippen molar-refractivity contribution in [1.82, 2.24) is 4.90 Å². The second-order valence-corrected chi connectivity index (χ2v) is 7.26. The van der Waals surface area contributed by atoms with Gasteiger partial charge in [-0.1, -0.05) is 54.6 Å². The molecule has 0 spiro atoms. The first kappa shape index (κ1) is 18.9. The molecule has 1 amide bonds. The second kappa shape index (κ2) is 9.14. The quantitative estimate of drug-likeness (QED) is 0.579. The first-order valence-electron chi connectivity index (χ1n) is 8.69. The van der Waals surface area contributed by atoms with Crippen molar-refractivity contribution in [2.24, 2.45) is 0 Å². The fourth-order valence-corrected chi connectivity index (χ4v) is 3.49. The summed E-state index contributed by atoms with van der Waals surface area (Å²) < 4.78 is 5.28. The number of amides is 1. The molecule has 0 fully saturated rings. The van der Waals surface area contributed by atoms with Gasteiger partial charge in [-0.25, -0.2) is 4.79 Å². The maximum atomic E-state index is 12.5. The third-order valence-corrected chi connectivity index (χ3v) is 5.06. The Morgan fingerprint density at radius 2 is 1.70 bits per heavy atom. The van der Waals surface area contributed by atoms with Gasteiger partial charge in [0.1, 0.15) is 0 Å². The van der Waals surface area contributed by atoms with Gasteiger partial charge >= 0.3 is 5.97 Å². The summed E-state index contributed by atoms with van der Waals surface area (Å²) in [5, 5.41) is 1.97. The zero-order chi connectivity index (χ0) is 19.1. The van der Waals surface area contributed by atoms with E-state index in [0.717, 1.165) is 16.0 Å². The topological polar surface area (TPSA) is 46.6 Å². The molecule has 0 atom stereocenters. The number of hydrogen-bond acceptors (Lipinski definition) is 4. The van der Waals surface area contributed by atoms with Crippen molar-refractivity contribution in [3.8, 4) is 0 Å². The van der Waals surface area contributed by atoms with Crippen LogP contribution in [-0.2, 0) is 22.5 Å². The van der Waals surface area contributed by atoms with Gasteiger partial charge in [0.2, 0.25) is 0 Å². The van der Waals surface area contributed by atoms with Crippen molar-refractivity contribution in [2.75, 3.05) is 13.7 Å². The lowest BCUT2D eigenvalue weighted by molar-refractivity contribution is -0.133. The number of ether oxygens (including phenoxy) is 1. The molecule has 138 valence electrons. The highest BCUT2D eigenvalue weighted by molar-refractivity contribution is 7.09. The van der Waals surface area contributed by atoms with E-state index in [1.807, 2.05) is 60.0 Å². The lowest BCUT2D eigenvalue weighted by atomic mass is 10.00. The molecular formula is C22H21NO3S. The van der Waals surface area contributed by atoms with Gasteiger partial charge in [-0.2, -0.15) is 0 Å². The molecule has 0 unspecified atom stereocenters. The number of likely N-dealkylation sites (N-methyl/N-ethyl adjacent to an activating group) is 1. The number of carbonyl (C=O) groups excluding carboxylic acids is 2. The van der Waals surface area contributed by atoms with Crippen molar-refractivity contribution in [1.29, 1.82) is 0 Å². The Balaban J connectivity index is 1.60. The molecule has 1 aromatic heterocycles. The fraction of sp³-hybridized carbons (Fsp3) is 0.182. The highest BCUT2D eigenvalue weighted by Crippen LogP contribution is 2.16. The number of esters is 1. The van der Waals surface area contributed by atoms with Gasteiger partial charge in [-0.3, -0.25) is 4.79 Å². The average molecular weight is 379 g/mol. The predicted octanol–water partition coefficient (Wildman–Crippen LogP) is 4.15. The standard InChI is InChI=1S/C22H21NO3S/c1-23(15-19-11-7-13-27-19)21(24)16-26-22(25)20-12-6-5-10-18(20)14-17-8-3-2-4-9-17/h2-13H,14-16H2,1H3. The first-order chi connectivity index (χ1) is 13.1. The molecule has 0 aliphatic heterocycles. The summed E-state index contributed by atoms with van der Waals surface area (Å²) >= 11 is 1.59. The molecule has 0 saturated carbocycles. The summed E-state index contributed by atoms with van der Waals surface area (Å²) in [6, 6.07) is 21.2. The summed E-state index contributed by atoms with van der Waals surface area (Å²) in [6.45, 7) is 0.249. The van der Waals surface area contributed by atoms with Gasteiger partial charge in [0.15, 0.2) is 6.61 Å². The van der Waals surface area contributed by atoms with Crippen LogP contribution in [0.2, 0.25) is 0 Å². The van der Waals surface area contributed by atoms with Crippen LogP contribution in [0.3, 0.4) is 0 Å². The molecule has 0 bridgehead atoms. The molecular weight excluding hydrogens is 358 g/mol. The monoisotopic (exact) mass is 379 g/mol. The maximum absolute atomic E-state index is 12.5. The highest BCUT2D eigenvalue weighted by Gasteiger charge is 2.16. The molecule has 4 nitrogen and oxygen atoms in total. The molecule has 3 rings (SSSR count). The molecule has 0 aliphatic rings. The molecule has 2 aromatic carbocycles. The molecule has 3 aromatic rings. The highest BCUT2D eigenvalue weighted by atomic mass is 32.1. The van der Waals surface area contributed by atoms with E-state index in [1.54, 1.807) is 35.4 Å². The first-order valence-corrected chi connectivity index (χ1v) is 9.57. The van der Waals surface area contributed by atoms with Crippen LogP contribution in [0, 0.1) is 0 Å². The Hall–Kier alpha value is -2.92. The predicted molar refractivity (Wildman–Crippen MR) is 107 cm³/mol. The number of nitrogens with zero attached hydrogens (tertiary/aromatic N) is 1. The third-order valence-electron chi connectivity index (χ3n) is 4.20. The van der Waals surface area contributed by atoms with Crippen LogP contribution in [-0.4, -0.2) is 30.4 Å². The molecule has 0 radical (unpaired) electrons. The van der Waals surface area contributed by atoms with E-state index in [0.29, 0.717) is 18.5 Å². The summed E-state index contributed by atoms with van der Waals surface area (Å²) in [7, 11) is 1.71. The number of thiophene rings is 1. The summed E-state index contributed by atoms with van der Waals surface area (Å²) in [6.07, 6.45) is 0.637. The SMILES string of the molecule is CN(Cc1cccs1)C(=O)COC(=O)c1ccccc1Cc1ccccc1. The number of carbonyl (C=O) groups is 2. The molecule has 0 N–H and O–H groups in total. The van der Waals surface area contributed by atoms with Gasteiger partial charge in [0.25, 0.3) is 5.91 Å². The number of rotatable bonds is 7. The van der Waals surface area contributed by atoms with Crippen LogP contribution in [0.4, 0.5) is 0 Å². The van der Waals surface area contributed by atoms with Gasteiger partial charge in [0.05, 0.1) is 12.1 Å². The minimum absolute atomic E-state index is 0.225. The van der Waals surface area contributed by atoms with Crippen molar-refractivity contribution in [3.63, 3.8) is 0 Å². The van der Waals surface area contributed by atoms with E-state index in [-0.39, 0.29) is 12.5 Å². The summed E-state index contributed by atoms with van der Waals surface area (Å²) in [5.74, 6) is -0.698. The minimum atomic E-state index is -0.473. The van der Waals surface area contributed by atoms with E-state index < -0.39 is 5.97 Å². The molecule has 5 heteroatoms. The van der Waals surface area contributed by atoms with Crippen LogP contribution < -0.4 is 0 Å². The molecule has 0 aliphatic carbocycles. The van der Waals surface area contributed by atoms with Gasteiger partial charge in [-0.05, 0) is 35.1 Å². The zero-order valence-corrected chi connectivity index (χ0v) is 15.9. The largest absolute Gasteiger partial charge is 0.452 e. The number of hydrogen-bond donors (Lipinski definition) is 0. The van der Waals surface area contributed by atoms with Gasteiger partial charge < -0.3 is 9.64 Å². The summed E-state index contributed by atoms with van der Waals surface area (Å²) in [5.41, 5.74) is 2.49. The normalized spacial score (nSPS) is 10.4. The molecule has 27 heavy (non-hydrogen) atoms. The van der Waals surface area contributed by atoms with Crippen LogP contribution in [0.5, 0.6) is 0 Å². The summed E-state index contributed by atoms with van der Waals surface area (Å²) in [4.78, 5) is 27.4. The van der Waals surface area contributed by atoms with Crippen LogP contribution in [0.25, 0.3) is 0 Å². The van der Waals surface area contributed by atoms with Crippen LogP contribution >= 0.6 is 11.3 Å². The van der Waals surface area contributed by atoms with Crippen LogP contribution in [0.15, 0.2) is 72.1 Å². The average Bonchev–Trinajstić information content (AvgIpc) is 3.20. The van der Waals surface area contributed by atoms with Crippen molar-refractivity contribution >= 4 is 23.2 Å². The van der Waals surface area contributed by atoms with E-state index in [2.05, 4.69) is 0 Å². The van der Waals surface area contributed by atoms with Crippen molar-refractivity contribution < 1.29 is 14.3 Å².